The summed E-state index contributed by atoms with van der Waals surface area (Å²) >= 11 is 0. The third-order valence-corrected chi connectivity index (χ3v) is 2.21. The fraction of sp³-hybridized carbons (Fsp3) is 0.700. The van der Waals surface area contributed by atoms with Gasteiger partial charge >= 0.3 is 0 Å². The minimum atomic E-state index is -0.282. The number of hydrogen-bond acceptors (Lipinski definition) is 5. The van der Waals surface area contributed by atoms with Crippen LogP contribution in [0, 0.1) is 0 Å². The molecule has 96 valence electrons. The lowest BCUT2D eigenvalue weighted by Gasteiger charge is -2.12. The third-order valence-electron chi connectivity index (χ3n) is 2.21. The standard InChI is InChI=1S/C10H19N5O2/c1-8(10(16)11-4-5-17-3)12-6-9-13-7-15(2)14-9/h7-8,12H,4-6H2,1-3H3,(H,11,16). The van der Waals surface area contributed by atoms with Crippen LogP contribution in [0.15, 0.2) is 6.33 Å². The molecule has 1 heterocycles. The average molecular weight is 241 g/mol. The molecule has 0 saturated heterocycles. The molecule has 2 N–H and O–H groups in total. The minimum absolute atomic E-state index is 0.0574. The van der Waals surface area contributed by atoms with E-state index in [9.17, 15) is 4.79 Å². The van der Waals surface area contributed by atoms with Gasteiger partial charge in [-0.25, -0.2) is 4.98 Å². The van der Waals surface area contributed by atoms with Crippen molar-refractivity contribution in [3.63, 3.8) is 0 Å². The molecule has 0 aliphatic heterocycles. The van der Waals surface area contributed by atoms with Gasteiger partial charge in [0, 0.05) is 20.7 Å². The number of carbonyl (C=O) groups is 1. The van der Waals surface area contributed by atoms with Gasteiger partial charge in [0.1, 0.15) is 6.33 Å². The molecular formula is C10H19N5O2. The first-order valence-corrected chi connectivity index (χ1v) is 5.48. The Morgan fingerprint density at radius 2 is 2.41 bits per heavy atom. The summed E-state index contributed by atoms with van der Waals surface area (Å²) in [5.74, 6) is 0.613. The Hall–Kier alpha value is -1.47. The zero-order valence-electron chi connectivity index (χ0n) is 10.4. The highest BCUT2D eigenvalue weighted by molar-refractivity contribution is 5.81. The van der Waals surface area contributed by atoms with Crippen molar-refractivity contribution in [2.75, 3.05) is 20.3 Å². The Bertz CT molecular complexity index is 352. The molecule has 0 saturated carbocycles. The molecule has 0 aliphatic carbocycles. The summed E-state index contributed by atoms with van der Waals surface area (Å²) < 4.78 is 6.47. The van der Waals surface area contributed by atoms with Crippen LogP contribution in [0.5, 0.6) is 0 Å². The van der Waals surface area contributed by atoms with Gasteiger partial charge in [-0.1, -0.05) is 0 Å². The molecule has 0 aromatic carbocycles. The zero-order valence-corrected chi connectivity index (χ0v) is 10.4. The molecule has 1 aromatic heterocycles. The quantitative estimate of drug-likeness (QED) is 0.602. The Balaban J connectivity index is 2.24. The number of hydrogen-bond donors (Lipinski definition) is 2. The van der Waals surface area contributed by atoms with Crippen molar-refractivity contribution >= 4 is 5.91 Å². The summed E-state index contributed by atoms with van der Waals surface area (Å²) in [7, 11) is 3.40. The average Bonchev–Trinajstić information content (AvgIpc) is 2.72. The molecule has 1 aromatic rings. The number of rotatable bonds is 7. The van der Waals surface area contributed by atoms with Crippen LogP contribution in [-0.4, -0.2) is 47.0 Å². The van der Waals surface area contributed by atoms with Crippen LogP contribution >= 0.6 is 0 Å². The van der Waals surface area contributed by atoms with Crippen molar-refractivity contribution in [3.8, 4) is 0 Å². The van der Waals surface area contributed by atoms with Gasteiger partial charge in [-0.3, -0.25) is 14.8 Å². The molecular weight excluding hydrogens is 222 g/mol. The topological polar surface area (TPSA) is 81.1 Å². The molecule has 1 rings (SSSR count). The van der Waals surface area contributed by atoms with Gasteiger partial charge in [0.25, 0.3) is 0 Å². The van der Waals surface area contributed by atoms with E-state index in [2.05, 4.69) is 20.7 Å². The molecule has 0 aliphatic rings. The lowest BCUT2D eigenvalue weighted by Crippen LogP contribution is -2.43. The summed E-state index contributed by atoms with van der Waals surface area (Å²) in [5, 5.41) is 9.91. The normalized spacial score (nSPS) is 12.4. The number of methoxy groups -OCH3 is 1. The number of nitrogens with one attached hydrogen (secondary N) is 2. The van der Waals surface area contributed by atoms with Gasteiger partial charge in [0.15, 0.2) is 5.82 Å². The van der Waals surface area contributed by atoms with Crippen LogP contribution in [0.1, 0.15) is 12.7 Å². The van der Waals surface area contributed by atoms with Gasteiger partial charge in [-0.05, 0) is 6.92 Å². The smallest absolute Gasteiger partial charge is 0.236 e. The Kier molecular flexibility index (Phi) is 5.58. The summed E-state index contributed by atoms with van der Waals surface area (Å²) in [6.07, 6.45) is 1.63. The molecule has 0 radical (unpaired) electrons. The highest BCUT2D eigenvalue weighted by Gasteiger charge is 2.12. The lowest BCUT2D eigenvalue weighted by molar-refractivity contribution is -0.123. The van der Waals surface area contributed by atoms with E-state index in [4.69, 9.17) is 4.74 Å². The number of aromatic nitrogens is 3. The molecule has 0 bridgehead atoms. The van der Waals surface area contributed by atoms with E-state index < -0.39 is 0 Å². The Labute approximate surface area is 101 Å². The zero-order chi connectivity index (χ0) is 12.7. The third kappa shape index (κ3) is 4.92. The number of ether oxygens (including phenoxy) is 1. The fourth-order valence-electron chi connectivity index (χ4n) is 1.23. The summed E-state index contributed by atoms with van der Waals surface area (Å²) in [5.41, 5.74) is 0. The highest BCUT2D eigenvalue weighted by Crippen LogP contribution is 1.89. The Morgan fingerprint density at radius 3 is 3.00 bits per heavy atom. The first kappa shape index (κ1) is 13.6. The van der Waals surface area contributed by atoms with Gasteiger partial charge in [0.05, 0.1) is 19.2 Å². The molecule has 1 unspecified atom stereocenters. The number of aryl methyl sites for hydroxylation is 1. The van der Waals surface area contributed by atoms with Crippen molar-refractivity contribution in [1.29, 1.82) is 0 Å². The van der Waals surface area contributed by atoms with E-state index in [0.29, 0.717) is 25.5 Å². The van der Waals surface area contributed by atoms with Gasteiger partial charge in [-0.15, -0.1) is 0 Å². The highest BCUT2D eigenvalue weighted by atomic mass is 16.5. The maximum atomic E-state index is 11.6. The monoisotopic (exact) mass is 241 g/mol. The van der Waals surface area contributed by atoms with Gasteiger partial charge < -0.3 is 10.1 Å². The molecule has 0 fully saturated rings. The van der Waals surface area contributed by atoms with Crippen LogP contribution in [0.25, 0.3) is 0 Å². The predicted molar refractivity (Wildman–Crippen MR) is 62.2 cm³/mol. The first-order chi connectivity index (χ1) is 8.13. The largest absolute Gasteiger partial charge is 0.383 e. The van der Waals surface area contributed by atoms with Crippen LogP contribution < -0.4 is 10.6 Å². The van der Waals surface area contributed by atoms with Crippen molar-refractivity contribution in [2.45, 2.75) is 19.5 Å². The van der Waals surface area contributed by atoms with Gasteiger partial charge in [0.2, 0.25) is 5.91 Å². The maximum absolute atomic E-state index is 11.6. The SMILES string of the molecule is COCCNC(=O)C(C)NCc1ncn(C)n1. The van der Waals surface area contributed by atoms with Crippen LogP contribution in [0.4, 0.5) is 0 Å². The van der Waals surface area contributed by atoms with E-state index in [1.807, 2.05) is 0 Å². The van der Waals surface area contributed by atoms with E-state index in [0.717, 1.165) is 0 Å². The van der Waals surface area contributed by atoms with E-state index >= 15 is 0 Å². The van der Waals surface area contributed by atoms with Crippen molar-refractivity contribution in [2.24, 2.45) is 7.05 Å². The van der Waals surface area contributed by atoms with Crippen molar-refractivity contribution in [1.82, 2.24) is 25.4 Å². The minimum Gasteiger partial charge on any atom is -0.383 e. The van der Waals surface area contributed by atoms with Crippen molar-refractivity contribution in [3.05, 3.63) is 12.2 Å². The molecule has 1 amide bonds. The molecule has 0 spiro atoms. The second kappa shape index (κ2) is 6.97. The van der Waals surface area contributed by atoms with Crippen LogP contribution in [-0.2, 0) is 23.1 Å². The second-order valence-electron chi connectivity index (χ2n) is 3.72. The van der Waals surface area contributed by atoms with Crippen LogP contribution in [0.2, 0.25) is 0 Å². The molecule has 7 nitrogen and oxygen atoms in total. The fourth-order valence-corrected chi connectivity index (χ4v) is 1.23. The van der Waals surface area contributed by atoms with Crippen molar-refractivity contribution < 1.29 is 9.53 Å². The summed E-state index contributed by atoms with van der Waals surface area (Å²) in [6.45, 7) is 3.30. The predicted octanol–water partition coefficient (Wildman–Crippen LogP) is -0.944. The van der Waals surface area contributed by atoms with Crippen LogP contribution in [0.3, 0.4) is 0 Å². The van der Waals surface area contributed by atoms with E-state index in [1.165, 1.54) is 0 Å². The molecule has 17 heavy (non-hydrogen) atoms. The molecule has 7 heteroatoms. The van der Waals surface area contributed by atoms with Gasteiger partial charge in [-0.2, -0.15) is 5.10 Å². The van der Waals surface area contributed by atoms with E-state index in [1.54, 1.807) is 32.1 Å². The van der Waals surface area contributed by atoms with E-state index in [-0.39, 0.29) is 11.9 Å². The summed E-state index contributed by atoms with van der Waals surface area (Å²) in [6, 6.07) is -0.282. The number of amides is 1. The first-order valence-electron chi connectivity index (χ1n) is 5.48. The lowest BCUT2D eigenvalue weighted by atomic mass is 10.3. The Morgan fingerprint density at radius 1 is 1.65 bits per heavy atom. The summed E-state index contributed by atoms with van der Waals surface area (Å²) in [4.78, 5) is 15.6. The molecule has 1 atom stereocenters. The number of nitrogens with zero attached hydrogens (tertiary/aromatic N) is 3. The second-order valence-corrected chi connectivity index (χ2v) is 3.72. The number of carbonyl (C=O) groups excluding carboxylic acids is 1. The maximum Gasteiger partial charge on any atom is 0.236 e.